The largest absolute Gasteiger partial charge is 0.495 e. The van der Waals surface area contributed by atoms with Crippen LogP contribution in [0, 0.1) is 0 Å². The number of tetrazole rings is 1. The summed E-state index contributed by atoms with van der Waals surface area (Å²) in [4.78, 5) is 16.3. The number of nitrogens with zero attached hydrogens (tertiary/aromatic N) is 5. The molecule has 0 spiro atoms. The van der Waals surface area contributed by atoms with Gasteiger partial charge in [0.05, 0.1) is 19.2 Å². The quantitative estimate of drug-likeness (QED) is 0.862. The van der Waals surface area contributed by atoms with Crippen LogP contribution >= 0.6 is 0 Å². The zero-order chi connectivity index (χ0) is 15.4. The maximum atomic E-state index is 12.2. The Balaban J connectivity index is 1.59. The number of hydrogen-bond donors (Lipinski definition) is 1. The Bertz CT molecular complexity index is 622. The molecule has 0 radical (unpaired) electrons. The molecule has 1 N–H and O–H groups in total. The molecular weight excluding hydrogens is 284 g/mol. The second-order valence-electron chi connectivity index (χ2n) is 5.04. The highest BCUT2D eigenvalue weighted by Crippen LogP contribution is 2.28. The number of nitrogens with one attached hydrogen (secondary N) is 1. The Morgan fingerprint density at radius 1 is 1.27 bits per heavy atom. The van der Waals surface area contributed by atoms with Crippen molar-refractivity contribution >= 4 is 11.6 Å². The highest BCUT2D eigenvalue weighted by atomic mass is 16.5. The van der Waals surface area contributed by atoms with E-state index in [2.05, 4.69) is 25.5 Å². The smallest absolute Gasteiger partial charge is 0.230 e. The first-order valence-electron chi connectivity index (χ1n) is 7.16. The number of piperazine rings is 1. The van der Waals surface area contributed by atoms with Gasteiger partial charge in [-0.15, -0.1) is 10.2 Å². The molecule has 3 rings (SSSR count). The number of rotatable bonds is 4. The third-order valence-electron chi connectivity index (χ3n) is 3.76. The third-order valence-corrected chi connectivity index (χ3v) is 3.76. The molecule has 1 aromatic heterocycles. The number of amides is 1. The molecule has 0 bridgehead atoms. The van der Waals surface area contributed by atoms with Gasteiger partial charge in [-0.1, -0.05) is 17.3 Å². The summed E-state index contributed by atoms with van der Waals surface area (Å²) in [6.45, 7) is 2.90. The fraction of sp³-hybridized carbons (Fsp3) is 0.429. The molecule has 1 aliphatic heterocycles. The number of carbonyl (C=O) groups is 1. The second-order valence-corrected chi connectivity index (χ2v) is 5.04. The highest BCUT2D eigenvalue weighted by molar-refractivity contribution is 5.78. The number of aromatic nitrogens is 4. The summed E-state index contributed by atoms with van der Waals surface area (Å²) in [5.41, 5.74) is 1.07. The van der Waals surface area contributed by atoms with Crippen molar-refractivity contribution in [3.63, 3.8) is 0 Å². The molecule has 1 fully saturated rings. The van der Waals surface area contributed by atoms with Crippen LogP contribution < -0.4 is 9.64 Å². The minimum absolute atomic E-state index is 0.0288. The van der Waals surface area contributed by atoms with Crippen LogP contribution in [-0.4, -0.2) is 64.7 Å². The van der Waals surface area contributed by atoms with Crippen LogP contribution in [-0.2, 0) is 11.2 Å². The lowest BCUT2D eigenvalue weighted by Crippen LogP contribution is -2.49. The average molecular weight is 302 g/mol. The molecule has 8 nitrogen and oxygen atoms in total. The van der Waals surface area contributed by atoms with Crippen LogP contribution in [0.15, 0.2) is 24.3 Å². The van der Waals surface area contributed by atoms with E-state index in [-0.39, 0.29) is 12.3 Å². The van der Waals surface area contributed by atoms with Gasteiger partial charge in [0.2, 0.25) is 5.91 Å². The molecule has 2 heterocycles. The van der Waals surface area contributed by atoms with Gasteiger partial charge in [-0.25, -0.2) is 0 Å². The summed E-state index contributed by atoms with van der Waals surface area (Å²) in [6.07, 6.45) is 0.186. The van der Waals surface area contributed by atoms with E-state index in [4.69, 9.17) is 4.74 Å². The number of carbonyl (C=O) groups excluding carboxylic acids is 1. The van der Waals surface area contributed by atoms with Gasteiger partial charge in [0.15, 0.2) is 5.82 Å². The summed E-state index contributed by atoms with van der Waals surface area (Å²) in [6, 6.07) is 7.93. The molecule has 22 heavy (non-hydrogen) atoms. The zero-order valence-corrected chi connectivity index (χ0v) is 12.4. The predicted molar refractivity (Wildman–Crippen MR) is 79.7 cm³/mol. The highest BCUT2D eigenvalue weighted by Gasteiger charge is 2.23. The minimum Gasteiger partial charge on any atom is -0.495 e. The lowest BCUT2D eigenvalue weighted by atomic mass is 10.2. The molecule has 1 amide bonds. The summed E-state index contributed by atoms with van der Waals surface area (Å²) in [5, 5.41) is 13.4. The maximum absolute atomic E-state index is 12.2. The lowest BCUT2D eigenvalue weighted by molar-refractivity contribution is -0.130. The van der Waals surface area contributed by atoms with E-state index in [0.717, 1.165) is 24.5 Å². The molecule has 0 aliphatic carbocycles. The van der Waals surface area contributed by atoms with Crippen molar-refractivity contribution in [3.8, 4) is 5.75 Å². The van der Waals surface area contributed by atoms with Gasteiger partial charge in [-0.05, 0) is 12.1 Å². The standard InChI is InChI=1S/C14H18N6O2/c1-22-12-5-3-2-4-11(12)19-6-8-20(9-7-19)14(21)10-13-15-17-18-16-13/h2-5H,6-10H2,1H3,(H,15,16,17,18). The van der Waals surface area contributed by atoms with Crippen LogP contribution in [0.3, 0.4) is 0 Å². The van der Waals surface area contributed by atoms with Crippen molar-refractivity contribution in [3.05, 3.63) is 30.1 Å². The molecule has 0 saturated carbocycles. The van der Waals surface area contributed by atoms with E-state index in [0.29, 0.717) is 18.9 Å². The van der Waals surface area contributed by atoms with Crippen molar-refractivity contribution < 1.29 is 9.53 Å². The number of para-hydroxylation sites is 2. The number of aromatic amines is 1. The maximum Gasteiger partial charge on any atom is 0.230 e. The van der Waals surface area contributed by atoms with E-state index in [1.807, 2.05) is 29.2 Å². The predicted octanol–water partition coefficient (Wildman–Crippen LogP) is 0.0996. The van der Waals surface area contributed by atoms with Gasteiger partial charge in [0.1, 0.15) is 5.75 Å². The van der Waals surface area contributed by atoms with E-state index < -0.39 is 0 Å². The van der Waals surface area contributed by atoms with Crippen molar-refractivity contribution in [1.29, 1.82) is 0 Å². The summed E-state index contributed by atoms with van der Waals surface area (Å²) >= 11 is 0. The van der Waals surface area contributed by atoms with Crippen LogP contribution in [0.2, 0.25) is 0 Å². The molecule has 116 valence electrons. The Labute approximate surface area is 128 Å². The number of H-pyrrole nitrogens is 1. The fourth-order valence-corrected chi connectivity index (χ4v) is 2.59. The Hall–Kier alpha value is -2.64. The Morgan fingerprint density at radius 3 is 2.73 bits per heavy atom. The third kappa shape index (κ3) is 3.00. The summed E-state index contributed by atoms with van der Waals surface area (Å²) in [5.74, 6) is 1.31. The topological polar surface area (TPSA) is 87.2 Å². The van der Waals surface area contributed by atoms with Crippen LogP contribution in [0.1, 0.15) is 5.82 Å². The second kappa shape index (κ2) is 6.42. The van der Waals surface area contributed by atoms with Crippen molar-refractivity contribution in [2.45, 2.75) is 6.42 Å². The molecule has 0 atom stereocenters. The van der Waals surface area contributed by atoms with Crippen molar-refractivity contribution in [2.24, 2.45) is 0 Å². The normalized spacial score (nSPS) is 15.0. The molecule has 0 unspecified atom stereocenters. The van der Waals surface area contributed by atoms with Gasteiger partial charge >= 0.3 is 0 Å². The summed E-state index contributed by atoms with van der Waals surface area (Å²) in [7, 11) is 1.67. The molecule has 1 saturated heterocycles. The first-order valence-corrected chi connectivity index (χ1v) is 7.16. The molecule has 2 aromatic rings. The van der Waals surface area contributed by atoms with E-state index in [1.165, 1.54) is 0 Å². The monoisotopic (exact) mass is 302 g/mol. The summed E-state index contributed by atoms with van der Waals surface area (Å²) < 4.78 is 5.39. The Morgan fingerprint density at radius 2 is 2.05 bits per heavy atom. The first-order chi connectivity index (χ1) is 10.8. The number of methoxy groups -OCH3 is 1. The van der Waals surface area contributed by atoms with Gasteiger partial charge in [-0.3, -0.25) is 4.79 Å². The van der Waals surface area contributed by atoms with Crippen LogP contribution in [0.4, 0.5) is 5.69 Å². The van der Waals surface area contributed by atoms with Gasteiger partial charge in [0, 0.05) is 26.2 Å². The zero-order valence-electron chi connectivity index (χ0n) is 12.4. The average Bonchev–Trinajstić information content (AvgIpc) is 3.08. The van der Waals surface area contributed by atoms with Crippen LogP contribution in [0.5, 0.6) is 5.75 Å². The van der Waals surface area contributed by atoms with Gasteiger partial charge in [-0.2, -0.15) is 5.21 Å². The molecule has 1 aromatic carbocycles. The molecule has 8 heteroatoms. The number of benzene rings is 1. The number of hydrogen-bond acceptors (Lipinski definition) is 6. The first kappa shape index (κ1) is 14.3. The van der Waals surface area contributed by atoms with Crippen molar-refractivity contribution in [1.82, 2.24) is 25.5 Å². The van der Waals surface area contributed by atoms with E-state index in [1.54, 1.807) is 7.11 Å². The number of anilines is 1. The van der Waals surface area contributed by atoms with E-state index in [9.17, 15) is 4.79 Å². The minimum atomic E-state index is 0.0288. The fourth-order valence-electron chi connectivity index (χ4n) is 2.59. The van der Waals surface area contributed by atoms with Gasteiger partial charge in [0.25, 0.3) is 0 Å². The van der Waals surface area contributed by atoms with Crippen molar-refractivity contribution in [2.75, 3.05) is 38.2 Å². The number of ether oxygens (including phenoxy) is 1. The molecule has 1 aliphatic rings. The lowest BCUT2D eigenvalue weighted by Gasteiger charge is -2.36. The van der Waals surface area contributed by atoms with E-state index >= 15 is 0 Å². The van der Waals surface area contributed by atoms with Crippen LogP contribution in [0.25, 0.3) is 0 Å². The Kier molecular flexibility index (Phi) is 4.17. The van der Waals surface area contributed by atoms with Gasteiger partial charge < -0.3 is 14.5 Å². The molecular formula is C14H18N6O2. The SMILES string of the molecule is COc1ccccc1N1CCN(C(=O)Cc2nn[nH]n2)CC1.